The van der Waals surface area contributed by atoms with Crippen LogP contribution < -0.4 is 10.3 Å². The highest BCUT2D eigenvalue weighted by molar-refractivity contribution is 9.10. The molecule has 0 aliphatic rings. The van der Waals surface area contributed by atoms with E-state index in [-0.39, 0.29) is 23.8 Å². The molecule has 0 spiro atoms. The Labute approximate surface area is 183 Å². The van der Waals surface area contributed by atoms with E-state index < -0.39 is 23.7 Å². The van der Waals surface area contributed by atoms with Crippen molar-refractivity contribution in [1.82, 2.24) is 5.32 Å². The van der Waals surface area contributed by atoms with Gasteiger partial charge in [0.05, 0.1) is 24.1 Å². The fourth-order valence-electron chi connectivity index (χ4n) is 2.91. The Morgan fingerprint density at radius 1 is 1.24 bits per heavy atom. The summed E-state index contributed by atoms with van der Waals surface area (Å²) >= 11 is 9.45. The zero-order valence-corrected chi connectivity index (χ0v) is 18.8. The molecule has 0 aliphatic carbocycles. The molecule has 8 heteroatoms. The molecule has 2 aromatic rings. The van der Waals surface area contributed by atoms with Crippen molar-refractivity contribution in [2.24, 2.45) is 0 Å². The second-order valence-electron chi connectivity index (χ2n) is 7.54. The van der Waals surface area contributed by atoms with Crippen molar-refractivity contribution in [1.29, 1.82) is 0 Å². The molecule has 0 bridgehead atoms. The van der Waals surface area contributed by atoms with E-state index in [0.717, 1.165) is 5.56 Å². The van der Waals surface area contributed by atoms with Crippen LogP contribution in [-0.2, 0) is 9.53 Å². The number of carbonyl (C=O) groups excluding carboxylic acids is 1. The van der Waals surface area contributed by atoms with E-state index in [2.05, 4.69) is 26.2 Å². The number of hydrogen-bond donors (Lipinski definition) is 2. The number of ether oxygens (including phenoxy) is 1. The van der Waals surface area contributed by atoms with Crippen molar-refractivity contribution in [2.75, 3.05) is 6.61 Å². The summed E-state index contributed by atoms with van der Waals surface area (Å²) in [5, 5.41) is 13.2. The van der Waals surface area contributed by atoms with Crippen LogP contribution in [0.2, 0.25) is 5.02 Å². The van der Waals surface area contributed by atoms with Crippen LogP contribution in [0.3, 0.4) is 0 Å². The van der Waals surface area contributed by atoms with Gasteiger partial charge in [-0.1, -0.05) is 57.9 Å². The lowest BCUT2D eigenvalue weighted by Crippen LogP contribution is -2.33. The maximum absolute atomic E-state index is 13.3. The van der Waals surface area contributed by atoms with Crippen molar-refractivity contribution in [3.8, 4) is 5.75 Å². The van der Waals surface area contributed by atoms with E-state index in [1.54, 1.807) is 26.8 Å². The van der Waals surface area contributed by atoms with Gasteiger partial charge in [0.25, 0.3) is 0 Å². The number of hydrogen-bond acceptors (Lipinski definition) is 5. The maximum atomic E-state index is 13.3. The summed E-state index contributed by atoms with van der Waals surface area (Å²) in [4.78, 5) is 16.5. The molecule has 0 aliphatic heterocycles. The number of carbonyl (C=O) groups is 1. The normalized spacial score (nSPS) is 13.6. The molecule has 0 aromatic heterocycles. The van der Waals surface area contributed by atoms with Gasteiger partial charge in [0, 0.05) is 20.6 Å². The second kappa shape index (κ2) is 10.4. The Morgan fingerprint density at radius 3 is 2.45 bits per heavy atom. The minimum atomic E-state index is -0.733. The topological polar surface area (TPSA) is 67.8 Å². The predicted octanol–water partition coefficient (Wildman–Crippen LogP) is 5.46. The SMILES string of the molecule is CC(C)(C)OC(=O)C[C@H](NC(CO)c1ccccc1)c1cc(Br)cc(Cl)c1OF. The molecule has 2 rings (SSSR count). The van der Waals surface area contributed by atoms with E-state index in [1.165, 1.54) is 6.07 Å². The van der Waals surface area contributed by atoms with Gasteiger partial charge in [-0.3, -0.25) is 9.74 Å². The van der Waals surface area contributed by atoms with Crippen molar-refractivity contribution < 1.29 is 24.1 Å². The van der Waals surface area contributed by atoms with Crippen molar-refractivity contribution in [3.63, 3.8) is 0 Å². The van der Waals surface area contributed by atoms with Crippen LogP contribution in [0.5, 0.6) is 5.75 Å². The number of aliphatic hydroxyl groups is 1. The number of rotatable bonds is 8. The van der Waals surface area contributed by atoms with Crippen LogP contribution in [0.15, 0.2) is 46.9 Å². The third-order valence-corrected chi connectivity index (χ3v) is 4.81. The molecule has 2 N–H and O–H groups in total. The summed E-state index contributed by atoms with van der Waals surface area (Å²) in [6.07, 6.45) is -0.121. The van der Waals surface area contributed by atoms with Gasteiger partial charge in [0.15, 0.2) is 5.75 Å². The lowest BCUT2D eigenvalue weighted by atomic mass is 9.99. The van der Waals surface area contributed by atoms with E-state index in [9.17, 15) is 14.4 Å². The number of esters is 1. The van der Waals surface area contributed by atoms with Crippen molar-refractivity contribution in [3.05, 3.63) is 63.1 Å². The van der Waals surface area contributed by atoms with E-state index in [1.807, 2.05) is 30.3 Å². The fourth-order valence-corrected chi connectivity index (χ4v) is 3.77. The number of nitrogens with one attached hydrogen (secondary N) is 1. The van der Waals surface area contributed by atoms with Crippen molar-refractivity contribution >= 4 is 33.5 Å². The van der Waals surface area contributed by atoms with Crippen LogP contribution in [-0.4, -0.2) is 23.3 Å². The highest BCUT2D eigenvalue weighted by atomic mass is 79.9. The quantitative estimate of drug-likeness (QED) is 0.483. The standard InChI is InChI=1S/C21H24BrClFNO4/c1-21(2,3)28-19(27)11-17(15-9-14(22)10-16(23)20(15)29-24)25-18(12-26)13-7-5-4-6-8-13/h4-10,17-18,25-26H,11-12H2,1-3H3/t17-,18?/m0/s1. The molecule has 1 unspecified atom stereocenters. The maximum Gasteiger partial charge on any atom is 0.308 e. The molecule has 2 aromatic carbocycles. The van der Waals surface area contributed by atoms with Crippen LogP contribution >= 0.6 is 27.5 Å². The summed E-state index contributed by atoms with van der Waals surface area (Å²) in [6, 6.07) is 11.1. The molecule has 0 heterocycles. The fraction of sp³-hybridized carbons (Fsp3) is 0.381. The largest absolute Gasteiger partial charge is 0.460 e. The Balaban J connectivity index is 2.42. The van der Waals surface area contributed by atoms with E-state index in [0.29, 0.717) is 10.0 Å². The number of halogens is 3. The van der Waals surface area contributed by atoms with Crippen LogP contribution in [0.1, 0.15) is 50.4 Å². The second-order valence-corrected chi connectivity index (χ2v) is 8.86. The van der Waals surface area contributed by atoms with Crippen molar-refractivity contribution in [2.45, 2.75) is 44.9 Å². The molecular formula is C21H24BrClFNO4. The van der Waals surface area contributed by atoms with E-state index >= 15 is 0 Å². The average Bonchev–Trinajstić information content (AvgIpc) is 2.63. The third-order valence-electron chi connectivity index (χ3n) is 4.07. The lowest BCUT2D eigenvalue weighted by Gasteiger charge is -2.27. The van der Waals surface area contributed by atoms with Crippen LogP contribution in [0, 0.1) is 0 Å². The predicted molar refractivity (Wildman–Crippen MR) is 113 cm³/mol. The van der Waals surface area contributed by atoms with Crippen LogP contribution in [0.25, 0.3) is 0 Å². The molecule has 0 radical (unpaired) electrons. The summed E-state index contributed by atoms with van der Waals surface area (Å²) in [7, 11) is 0. The van der Waals surface area contributed by atoms with Crippen LogP contribution in [0.4, 0.5) is 4.53 Å². The molecule has 2 atom stereocenters. The number of benzene rings is 2. The van der Waals surface area contributed by atoms with Gasteiger partial charge < -0.3 is 15.2 Å². The Kier molecular flexibility index (Phi) is 8.46. The molecule has 0 saturated carbocycles. The smallest absolute Gasteiger partial charge is 0.308 e. The summed E-state index contributed by atoms with van der Waals surface area (Å²) in [5.41, 5.74) is 0.464. The molecule has 5 nitrogen and oxygen atoms in total. The third kappa shape index (κ3) is 6.96. The minimum Gasteiger partial charge on any atom is -0.460 e. The molecule has 29 heavy (non-hydrogen) atoms. The Hall–Kier alpha value is -1.67. The monoisotopic (exact) mass is 487 g/mol. The summed E-state index contributed by atoms with van der Waals surface area (Å²) in [6.45, 7) is 5.06. The van der Waals surface area contributed by atoms with Gasteiger partial charge in [0.1, 0.15) is 5.60 Å². The molecule has 0 saturated heterocycles. The first kappa shape index (κ1) is 23.6. The van der Waals surface area contributed by atoms with E-state index in [4.69, 9.17) is 16.3 Å². The van der Waals surface area contributed by atoms with Gasteiger partial charge in [-0.25, -0.2) is 0 Å². The first-order valence-corrected chi connectivity index (χ1v) is 10.2. The first-order chi connectivity index (χ1) is 13.6. The van der Waals surface area contributed by atoms with Gasteiger partial charge in [0.2, 0.25) is 0 Å². The summed E-state index contributed by atoms with van der Waals surface area (Å²) in [5.74, 6) is -0.679. The summed E-state index contributed by atoms with van der Waals surface area (Å²) < 4.78 is 19.3. The Morgan fingerprint density at radius 2 is 1.90 bits per heavy atom. The average molecular weight is 489 g/mol. The first-order valence-electron chi connectivity index (χ1n) is 9.06. The molecule has 158 valence electrons. The highest BCUT2D eigenvalue weighted by Gasteiger charge is 2.28. The lowest BCUT2D eigenvalue weighted by molar-refractivity contribution is -0.155. The highest BCUT2D eigenvalue weighted by Crippen LogP contribution is 2.38. The van der Waals surface area contributed by atoms with Gasteiger partial charge in [-0.15, -0.1) is 0 Å². The van der Waals surface area contributed by atoms with Gasteiger partial charge in [-0.2, -0.15) is 0 Å². The zero-order valence-electron chi connectivity index (χ0n) is 16.4. The molecule has 0 amide bonds. The molecular weight excluding hydrogens is 465 g/mol. The molecule has 0 fully saturated rings. The minimum absolute atomic E-state index is 0.0492. The zero-order chi connectivity index (χ0) is 21.6. The number of aliphatic hydroxyl groups excluding tert-OH is 1. The Bertz CT molecular complexity index is 829. The van der Waals surface area contributed by atoms with Gasteiger partial charge >= 0.3 is 5.97 Å². The van der Waals surface area contributed by atoms with Gasteiger partial charge in [-0.05, 0) is 38.5 Å².